The van der Waals surface area contributed by atoms with E-state index in [0.29, 0.717) is 44.1 Å². The Balaban J connectivity index is 2.28. The van der Waals surface area contributed by atoms with Gasteiger partial charge in [0.25, 0.3) is 5.91 Å². The topological polar surface area (TPSA) is 62.2 Å². The fraction of sp³-hybridized carbons (Fsp3) is 0.571. The van der Waals surface area contributed by atoms with Gasteiger partial charge in [0.2, 0.25) is 0 Å². The summed E-state index contributed by atoms with van der Waals surface area (Å²) in [5, 5.41) is 11.0. The predicted octanol–water partition coefficient (Wildman–Crippen LogP) is 3.15. The average Bonchev–Trinajstić information content (AvgIpc) is 2.70. The van der Waals surface area contributed by atoms with Crippen molar-refractivity contribution in [2.24, 2.45) is 0 Å². The summed E-state index contributed by atoms with van der Waals surface area (Å²) in [7, 11) is 1.62. The van der Waals surface area contributed by atoms with Gasteiger partial charge in [-0.1, -0.05) is 13.0 Å². The summed E-state index contributed by atoms with van der Waals surface area (Å²) in [6, 6.07) is 0. The maximum atomic E-state index is 13.1. The molecule has 0 aromatic carbocycles. The van der Waals surface area contributed by atoms with Crippen LogP contribution in [-0.2, 0) is 14.3 Å². The highest BCUT2D eigenvalue weighted by Crippen LogP contribution is 2.30. The van der Waals surface area contributed by atoms with Crippen LogP contribution in [0.4, 0.5) is 0 Å². The summed E-state index contributed by atoms with van der Waals surface area (Å²) in [4.78, 5) is 16.9. The highest BCUT2D eigenvalue weighted by atomic mass is 16.5. The van der Waals surface area contributed by atoms with Crippen molar-refractivity contribution in [1.29, 1.82) is 0 Å². The zero-order chi connectivity index (χ0) is 19.8. The first-order valence-corrected chi connectivity index (χ1v) is 9.61. The fourth-order valence-corrected chi connectivity index (χ4v) is 3.20. The summed E-state index contributed by atoms with van der Waals surface area (Å²) < 4.78 is 10.5. The van der Waals surface area contributed by atoms with Crippen molar-refractivity contribution in [1.82, 2.24) is 9.80 Å². The lowest BCUT2D eigenvalue weighted by atomic mass is 10.0. The molecule has 0 saturated carbocycles. The molecule has 1 amide bonds. The second kappa shape index (κ2) is 10.4. The molecule has 1 fully saturated rings. The van der Waals surface area contributed by atoms with Gasteiger partial charge in [-0.15, -0.1) is 0 Å². The summed E-state index contributed by atoms with van der Waals surface area (Å²) in [5.41, 5.74) is 3.09. The van der Waals surface area contributed by atoms with E-state index in [4.69, 9.17) is 9.47 Å². The number of aliphatic hydroxyl groups excluding tert-OH is 1. The summed E-state index contributed by atoms with van der Waals surface area (Å²) >= 11 is 0. The molecule has 0 aromatic heterocycles. The zero-order valence-electron chi connectivity index (χ0n) is 17.0. The van der Waals surface area contributed by atoms with Crippen LogP contribution in [-0.4, -0.2) is 67.4 Å². The maximum absolute atomic E-state index is 13.1. The largest absolute Gasteiger partial charge is 0.505 e. The van der Waals surface area contributed by atoms with Gasteiger partial charge in [0.05, 0.1) is 25.5 Å². The van der Waals surface area contributed by atoms with Crippen molar-refractivity contribution in [3.05, 3.63) is 46.5 Å². The van der Waals surface area contributed by atoms with Crippen molar-refractivity contribution < 1.29 is 19.4 Å². The second-order valence-corrected chi connectivity index (χ2v) is 6.79. The van der Waals surface area contributed by atoms with Gasteiger partial charge >= 0.3 is 0 Å². The number of hydrogen-bond acceptors (Lipinski definition) is 5. The predicted molar refractivity (Wildman–Crippen MR) is 106 cm³/mol. The van der Waals surface area contributed by atoms with Crippen LogP contribution in [0.5, 0.6) is 0 Å². The van der Waals surface area contributed by atoms with Crippen molar-refractivity contribution >= 4 is 5.91 Å². The molecule has 150 valence electrons. The summed E-state index contributed by atoms with van der Waals surface area (Å²) in [6.45, 7) is 10.1. The Kier molecular flexibility index (Phi) is 8.28. The maximum Gasteiger partial charge on any atom is 0.258 e. The smallest absolute Gasteiger partial charge is 0.258 e. The molecule has 27 heavy (non-hydrogen) atoms. The minimum atomic E-state index is -0.120. The van der Waals surface area contributed by atoms with Gasteiger partial charge in [-0.25, -0.2) is 0 Å². The lowest BCUT2D eigenvalue weighted by Gasteiger charge is -2.32. The number of carbonyl (C=O) groups excluding carboxylic acids is 1. The number of carbonyl (C=O) groups is 1. The monoisotopic (exact) mass is 376 g/mol. The normalized spacial score (nSPS) is 21.0. The molecule has 6 nitrogen and oxygen atoms in total. The standard InChI is InChI=1S/C21H32N2O4/c1-5-16(3)19-20(24)18(15-22-10-13-27-14-11-22)7-9-23(19)21(25)17(6-2)8-12-26-4/h6-7,9,24H,5,8,10-15H2,1-4H3/b17-6-,19-16-. The van der Waals surface area contributed by atoms with E-state index in [0.717, 1.165) is 30.7 Å². The first-order valence-electron chi connectivity index (χ1n) is 9.61. The number of allylic oxidation sites excluding steroid dienone is 2. The van der Waals surface area contributed by atoms with Crippen LogP contribution in [0.25, 0.3) is 0 Å². The lowest BCUT2D eigenvalue weighted by molar-refractivity contribution is -0.123. The van der Waals surface area contributed by atoms with Crippen LogP contribution in [0.3, 0.4) is 0 Å². The van der Waals surface area contributed by atoms with Gasteiger partial charge in [0, 0.05) is 50.5 Å². The van der Waals surface area contributed by atoms with Gasteiger partial charge in [0.1, 0.15) is 5.76 Å². The van der Waals surface area contributed by atoms with Crippen molar-refractivity contribution in [3.8, 4) is 0 Å². The van der Waals surface area contributed by atoms with Crippen LogP contribution in [0.1, 0.15) is 33.6 Å². The highest BCUT2D eigenvalue weighted by Gasteiger charge is 2.28. The lowest BCUT2D eigenvalue weighted by Crippen LogP contribution is -2.38. The number of amides is 1. The van der Waals surface area contributed by atoms with Gasteiger partial charge in [-0.2, -0.15) is 0 Å². The number of rotatable bonds is 7. The first kappa shape index (κ1) is 21.4. The number of hydrogen-bond donors (Lipinski definition) is 1. The first-order chi connectivity index (χ1) is 13.0. The average molecular weight is 376 g/mol. The molecule has 6 heteroatoms. The molecule has 1 N–H and O–H groups in total. The van der Waals surface area contributed by atoms with Crippen molar-refractivity contribution in [3.63, 3.8) is 0 Å². The van der Waals surface area contributed by atoms with E-state index in [-0.39, 0.29) is 11.7 Å². The Labute approximate surface area is 162 Å². The number of methoxy groups -OCH3 is 1. The molecule has 0 radical (unpaired) electrons. The van der Waals surface area contributed by atoms with Crippen LogP contribution in [0.2, 0.25) is 0 Å². The fourth-order valence-electron chi connectivity index (χ4n) is 3.20. The summed E-state index contributed by atoms with van der Waals surface area (Å²) in [6.07, 6.45) is 6.74. The van der Waals surface area contributed by atoms with Gasteiger partial charge in [-0.3, -0.25) is 14.6 Å². The van der Waals surface area contributed by atoms with Crippen molar-refractivity contribution in [2.45, 2.75) is 33.6 Å². The van der Waals surface area contributed by atoms with Gasteiger partial charge in [0.15, 0.2) is 0 Å². The van der Waals surface area contributed by atoms with Crippen LogP contribution >= 0.6 is 0 Å². The molecule has 2 heterocycles. The van der Waals surface area contributed by atoms with E-state index >= 15 is 0 Å². The van der Waals surface area contributed by atoms with E-state index in [9.17, 15) is 9.90 Å². The quantitative estimate of drug-likeness (QED) is 0.692. The SMILES string of the molecule is C/C=C(/CCOC)C(=O)N1C=CC(CN2CCOCC2)=C(O)/C1=C(\C)CC. The number of nitrogens with zero attached hydrogens (tertiary/aromatic N) is 2. The molecule has 0 aliphatic carbocycles. The molecule has 2 rings (SSSR count). The van der Waals surface area contributed by atoms with Crippen LogP contribution in [0.15, 0.2) is 46.5 Å². The Morgan fingerprint density at radius 3 is 2.67 bits per heavy atom. The molecule has 2 aliphatic heterocycles. The molecule has 0 unspecified atom stereocenters. The third-order valence-electron chi connectivity index (χ3n) is 5.04. The zero-order valence-corrected chi connectivity index (χ0v) is 17.0. The van der Waals surface area contributed by atoms with E-state index in [1.807, 2.05) is 32.9 Å². The Morgan fingerprint density at radius 1 is 1.37 bits per heavy atom. The second-order valence-electron chi connectivity index (χ2n) is 6.79. The minimum Gasteiger partial charge on any atom is -0.505 e. The number of morpholine rings is 1. The Bertz CT molecular complexity index is 655. The third kappa shape index (κ3) is 5.31. The van der Waals surface area contributed by atoms with E-state index in [1.165, 1.54) is 0 Å². The van der Waals surface area contributed by atoms with E-state index in [2.05, 4.69) is 4.90 Å². The molecular formula is C21H32N2O4. The molecule has 0 aromatic rings. The molecule has 0 atom stereocenters. The molecule has 1 saturated heterocycles. The van der Waals surface area contributed by atoms with E-state index in [1.54, 1.807) is 18.2 Å². The van der Waals surface area contributed by atoms with Gasteiger partial charge in [-0.05, 0) is 31.9 Å². The number of aliphatic hydroxyl groups is 1. The Hall–Kier alpha value is -1.89. The molecule has 0 bridgehead atoms. The highest BCUT2D eigenvalue weighted by molar-refractivity contribution is 5.96. The van der Waals surface area contributed by atoms with Crippen LogP contribution in [0, 0.1) is 0 Å². The van der Waals surface area contributed by atoms with Gasteiger partial charge < -0.3 is 14.6 Å². The minimum absolute atomic E-state index is 0.120. The third-order valence-corrected chi connectivity index (χ3v) is 5.04. The van der Waals surface area contributed by atoms with Crippen molar-refractivity contribution in [2.75, 3.05) is 46.6 Å². The van der Waals surface area contributed by atoms with Crippen LogP contribution < -0.4 is 0 Å². The Morgan fingerprint density at radius 2 is 2.07 bits per heavy atom. The number of ether oxygens (including phenoxy) is 2. The molecule has 0 spiro atoms. The molecular weight excluding hydrogens is 344 g/mol. The van der Waals surface area contributed by atoms with E-state index < -0.39 is 0 Å². The molecule has 2 aliphatic rings. The summed E-state index contributed by atoms with van der Waals surface area (Å²) in [5.74, 6) is 0.0736.